The van der Waals surface area contributed by atoms with E-state index >= 15 is 0 Å². The number of carbonyl (C=O) groups is 1. The smallest absolute Gasteiger partial charge is 0.435 e. The molecule has 0 bridgehead atoms. The lowest BCUT2D eigenvalue weighted by Crippen LogP contribution is -2.26. The summed E-state index contributed by atoms with van der Waals surface area (Å²) < 4.78 is 47.3. The molecule has 1 aromatic carbocycles. The lowest BCUT2D eigenvalue weighted by molar-refractivity contribution is -0.141. The zero-order valence-electron chi connectivity index (χ0n) is 16.0. The Morgan fingerprint density at radius 3 is 2.60 bits per heavy atom. The number of aromatic nitrogens is 4. The van der Waals surface area contributed by atoms with Crippen molar-refractivity contribution >= 4 is 21.8 Å². The van der Waals surface area contributed by atoms with Crippen LogP contribution in [0, 0.1) is 6.92 Å². The number of hydrogen-bond acceptors (Lipinski definition) is 4. The van der Waals surface area contributed by atoms with Crippen molar-refractivity contribution in [2.75, 3.05) is 6.54 Å². The van der Waals surface area contributed by atoms with Gasteiger partial charge in [-0.05, 0) is 49.7 Å². The van der Waals surface area contributed by atoms with Gasteiger partial charge >= 0.3 is 6.18 Å². The second kappa shape index (κ2) is 9.33. The third kappa shape index (κ3) is 5.85. The van der Waals surface area contributed by atoms with Gasteiger partial charge in [-0.1, -0.05) is 15.9 Å². The minimum Gasteiger partial charge on any atom is -0.471 e. The number of halogens is 4. The average molecular weight is 486 g/mol. The number of nitrogens with zero attached hydrogens (tertiary/aromatic N) is 4. The molecule has 160 valence electrons. The number of amides is 1. The highest BCUT2D eigenvalue weighted by atomic mass is 79.9. The molecule has 0 radical (unpaired) electrons. The highest BCUT2D eigenvalue weighted by Gasteiger charge is 2.34. The third-order valence-electron chi connectivity index (χ3n) is 4.15. The maximum absolute atomic E-state index is 12.7. The molecule has 0 unspecified atom stereocenters. The third-order valence-corrected chi connectivity index (χ3v) is 4.68. The number of carbonyl (C=O) groups excluding carboxylic acids is 1. The standard InChI is InChI=1S/C19H19BrF3N5O2/c1-13-11-17(19(21,22)23)26-28(13)9-2-8-24-18(29)16-7-10-27(25-16)12-30-15-5-3-14(20)4-6-15/h3-7,10-11H,2,8-9,12H2,1H3,(H,24,29). The summed E-state index contributed by atoms with van der Waals surface area (Å²) >= 11 is 3.34. The predicted molar refractivity (Wildman–Crippen MR) is 106 cm³/mol. The Morgan fingerprint density at radius 1 is 1.20 bits per heavy atom. The van der Waals surface area contributed by atoms with E-state index in [1.54, 1.807) is 31.3 Å². The molecule has 0 saturated carbocycles. The zero-order valence-corrected chi connectivity index (χ0v) is 17.6. The summed E-state index contributed by atoms with van der Waals surface area (Å²) in [4.78, 5) is 12.2. The fraction of sp³-hybridized carbons (Fsp3) is 0.316. The van der Waals surface area contributed by atoms with E-state index in [1.165, 1.54) is 9.36 Å². The van der Waals surface area contributed by atoms with Crippen LogP contribution in [0.2, 0.25) is 0 Å². The summed E-state index contributed by atoms with van der Waals surface area (Å²) in [7, 11) is 0. The van der Waals surface area contributed by atoms with E-state index in [0.29, 0.717) is 17.9 Å². The van der Waals surface area contributed by atoms with Crippen molar-refractivity contribution in [3.63, 3.8) is 0 Å². The summed E-state index contributed by atoms with van der Waals surface area (Å²) in [5.74, 6) is 0.299. The van der Waals surface area contributed by atoms with Crippen molar-refractivity contribution < 1.29 is 22.7 Å². The van der Waals surface area contributed by atoms with Crippen LogP contribution in [0.25, 0.3) is 0 Å². The minimum absolute atomic E-state index is 0.148. The molecule has 0 atom stereocenters. The van der Waals surface area contributed by atoms with Crippen LogP contribution in [-0.2, 0) is 19.5 Å². The Balaban J connectivity index is 1.43. The number of ether oxygens (including phenoxy) is 1. The maximum atomic E-state index is 12.7. The number of rotatable bonds is 8. The van der Waals surface area contributed by atoms with E-state index in [-0.39, 0.29) is 31.4 Å². The van der Waals surface area contributed by atoms with Gasteiger partial charge in [-0.3, -0.25) is 9.48 Å². The number of benzene rings is 1. The normalized spacial score (nSPS) is 11.5. The Hall–Kier alpha value is -2.82. The van der Waals surface area contributed by atoms with Crippen LogP contribution < -0.4 is 10.1 Å². The Bertz CT molecular complexity index is 999. The summed E-state index contributed by atoms with van der Waals surface area (Å²) in [5, 5.41) is 10.4. The van der Waals surface area contributed by atoms with Crippen LogP contribution >= 0.6 is 15.9 Å². The van der Waals surface area contributed by atoms with E-state index in [9.17, 15) is 18.0 Å². The second-order valence-corrected chi connectivity index (χ2v) is 7.38. The summed E-state index contributed by atoms with van der Waals surface area (Å²) in [6, 6.07) is 9.88. The highest BCUT2D eigenvalue weighted by molar-refractivity contribution is 9.10. The molecule has 2 aromatic heterocycles. The lowest BCUT2D eigenvalue weighted by Gasteiger charge is -2.07. The first-order valence-electron chi connectivity index (χ1n) is 9.04. The van der Waals surface area contributed by atoms with Crippen LogP contribution in [0.3, 0.4) is 0 Å². The molecule has 11 heteroatoms. The monoisotopic (exact) mass is 485 g/mol. The second-order valence-electron chi connectivity index (χ2n) is 6.47. The molecule has 3 aromatic rings. The molecule has 0 saturated heterocycles. The number of nitrogens with one attached hydrogen (secondary N) is 1. The largest absolute Gasteiger partial charge is 0.471 e. The number of hydrogen-bond donors (Lipinski definition) is 1. The Kier molecular flexibility index (Phi) is 6.80. The summed E-state index contributed by atoms with van der Waals surface area (Å²) in [6.45, 7) is 2.25. The maximum Gasteiger partial charge on any atom is 0.435 e. The van der Waals surface area contributed by atoms with Crippen molar-refractivity contribution in [3.05, 3.63) is 64.1 Å². The average Bonchev–Trinajstić information content (AvgIpc) is 3.31. The fourth-order valence-electron chi connectivity index (χ4n) is 2.62. The Labute approximate surface area is 179 Å². The van der Waals surface area contributed by atoms with Gasteiger partial charge in [-0.2, -0.15) is 23.4 Å². The molecular weight excluding hydrogens is 467 g/mol. The molecule has 1 amide bonds. The van der Waals surface area contributed by atoms with Gasteiger partial charge in [0.15, 0.2) is 12.4 Å². The first-order chi connectivity index (χ1) is 14.2. The first-order valence-corrected chi connectivity index (χ1v) is 9.83. The molecule has 0 aliphatic rings. The minimum atomic E-state index is -4.47. The fourth-order valence-corrected chi connectivity index (χ4v) is 2.89. The topological polar surface area (TPSA) is 74.0 Å². The Morgan fingerprint density at radius 2 is 1.93 bits per heavy atom. The molecule has 3 rings (SSSR count). The molecule has 0 fully saturated rings. The van der Waals surface area contributed by atoms with Gasteiger partial charge in [0.05, 0.1) is 0 Å². The van der Waals surface area contributed by atoms with E-state index in [0.717, 1.165) is 10.5 Å². The van der Waals surface area contributed by atoms with E-state index in [1.807, 2.05) is 12.1 Å². The zero-order chi connectivity index (χ0) is 21.7. The van der Waals surface area contributed by atoms with Crippen molar-refractivity contribution in [1.29, 1.82) is 0 Å². The van der Waals surface area contributed by atoms with Gasteiger partial charge in [0.1, 0.15) is 11.4 Å². The van der Waals surface area contributed by atoms with Gasteiger partial charge in [0, 0.05) is 29.5 Å². The van der Waals surface area contributed by atoms with Crippen molar-refractivity contribution in [2.24, 2.45) is 0 Å². The molecule has 0 aliphatic carbocycles. The van der Waals surface area contributed by atoms with Gasteiger partial charge in [-0.25, -0.2) is 4.68 Å². The molecule has 7 nitrogen and oxygen atoms in total. The van der Waals surface area contributed by atoms with Crippen LogP contribution in [-0.4, -0.2) is 32.0 Å². The first kappa shape index (κ1) is 21.9. The molecular formula is C19H19BrF3N5O2. The number of alkyl halides is 3. The van der Waals surface area contributed by atoms with E-state index < -0.39 is 11.9 Å². The van der Waals surface area contributed by atoms with Crippen LogP contribution in [0.15, 0.2) is 47.1 Å². The number of aryl methyl sites for hydroxylation is 2. The van der Waals surface area contributed by atoms with E-state index in [4.69, 9.17) is 4.74 Å². The molecule has 0 spiro atoms. The summed E-state index contributed by atoms with van der Waals surface area (Å²) in [6.07, 6.45) is -2.41. The van der Waals surface area contributed by atoms with Crippen molar-refractivity contribution in [2.45, 2.75) is 32.8 Å². The van der Waals surface area contributed by atoms with Crippen LogP contribution in [0.4, 0.5) is 13.2 Å². The van der Waals surface area contributed by atoms with Gasteiger partial charge in [-0.15, -0.1) is 0 Å². The van der Waals surface area contributed by atoms with E-state index in [2.05, 4.69) is 31.4 Å². The van der Waals surface area contributed by atoms with Gasteiger partial charge in [0.25, 0.3) is 5.91 Å². The van der Waals surface area contributed by atoms with Crippen molar-refractivity contribution in [3.8, 4) is 5.75 Å². The molecule has 2 heterocycles. The predicted octanol–water partition coefficient (Wildman–Crippen LogP) is 4.03. The molecule has 0 aliphatic heterocycles. The van der Waals surface area contributed by atoms with Crippen LogP contribution in [0.5, 0.6) is 5.75 Å². The van der Waals surface area contributed by atoms with Gasteiger partial charge < -0.3 is 10.1 Å². The highest BCUT2D eigenvalue weighted by Crippen LogP contribution is 2.28. The molecule has 1 N–H and O–H groups in total. The van der Waals surface area contributed by atoms with Crippen LogP contribution in [0.1, 0.15) is 28.3 Å². The SMILES string of the molecule is Cc1cc(C(F)(F)F)nn1CCCNC(=O)c1ccn(COc2ccc(Br)cc2)n1. The summed E-state index contributed by atoms with van der Waals surface area (Å²) in [5.41, 5.74) is -0.276. The lowest BCUT2D eigenvalue weighted by atomic mass is 10.3. The van der Waals surface area contributed by atoms with Crippen molar-refractivity contribution in [1.82, 2.24) is 24.9 Å². The molecule has 30 heavy (non-hydrogen) atoms. The quantitative estimate of drug-likeness (QED) is 0.489. The van der Waals surface area contributed by atoms with Gasteiger partial charge in [0.2, 0.25) is 0 Å².